The first kappa shape index (κ1) is 16.8. The van der Waals surface area contributed by atoms with E-state index in [2.05, 4.69) is 98.8 Å². The van der Waals surface area contributed by atoms with Crippen LogP contribution in [0.2, 0.25) is 0 Å². The van der Waals surface area contributed by atoms with Crippen molar-refractivity contribution in [3.8, 4) is 0 Å². The van der Waals surface area contributed by atoms with Gasteiger partial charge in [-0.15, -0.1) is 0 Å². The third-order valence-corrected chi connectivity index (χ3v) is 6.94. The first-order chi connectivity index (χ1) is 14.1. The number of allylic oxidation sites excluding steroid dienone is 2. The minimum atomic E-state index is -0.0867. The fourth-order valence-corrected chi connectivity index (χ4v) is 5.50. The predicted molar refractivity (Wildman–Crippen MR) is 126 cm³/mol. The average molecular weight is 373 g/mol. The van der Waals surface area contributed by atoms with Crippen molar-refractivity contribution < 1.29 is 0 Å². The maximum absolute atomic E-state index is 2.39. The van der Waals surface area contributed by atoms with Crippen LogP contribution in [-0.2, 0) is 18.3 Å². The Bertz CT molecular complexity index is 1260. The summed E-state index contributed by atoms with van der Waals surface area (Å²) >= 11 is 0. The van der Waals surface area contributed by atoms with Crippen molar-refractivity contribution in [2.45, 2.75) is 32.1 Å². The first-order valence-corrected chi connectivity index (χ1v) is 10.6. The fraction of sp³-hybridized carbons (Fsp3) is 0.172. The van der Waals surface area contributed by atoms with Crippen LogP contribution in [0.4, 0.5) is 0 Å². The lowest BCUT2D eigenvalue weighted by Gasteiger charge is -2.32. The van der Waals surface area contributed by atoms with Crippen LogP contribution >= 0.6 is 0 Å². The van der Waals surface area contributed by atoms with Gasteiger partial charge in [-0.2, -0.15) is 0 Å². The maximum Gasteiger partial charge on any atom is 0.0158 e. The van der Waals surface area contributed by atoms with Gasteiger partial charge in [-0.1, -0.05) is 98.8 Å². The molecule has 4 aromatic rings. The van der Waals surface area contributed by atoms with E-state index in [0.717, 1.165) is 12.8 Å². The molecule has 2 aliphatic carbocycles. The van der Waals surface area contributed by atoms with Gasteiger partial charge in [0.1, 0.15) is 0 Å². The lowest BCUT2D eigenvalue weighted by atomic mass is 9.71. The highest BCUT2D eigenvalue weighted by Crippen LogP contribution is 2.43. The summed E-state index contributed by atoms with van der Waals surface area (Å²) in [6.07, 6.45) is 11.4. The molecule has 140 valence electrons. The van der Waals surface area contributed by atoms with Gasteiger partial charge in [0.25, 0.3) is 0 Å². The second-order valence-electron chi connectivity index (χ2n) is 8.92. The average Bonchev–Trinajstić information content (AvgIpc) is 2.75. The summed E-state index contributed by atoms with van der Waals surface area (Å²) < 4.78 is 0. The molecule has 0 aromatic heterocycles. The van der Waals surface area contributed by atoms with E-state index in [9.17, 15) is 0 Å². The van der Waals surface area contributed by atoms with Crippen molar-refractivity contribution in [2.75, 3.05) is 0 Å². The molecule has 0 N–H and O–H groups in total. The minimum Gasteiger partial charge on any atom is -0.0795 e. The molecule has 0 fully saturated rings. The molecule has 4 aromatic carbocycles. The number of benzene rings is 4. The SMILES string of the molecule is CC(C)(c1ccc2cccc3c2c1C=CC3)c1ccc2cccc3c2c1C=CC3. The summed E-state index contributed by atoms with van der Waals surface area (Å²) in [5.74, 6) is 0. The molecular weight excluding hydrogens is 348 g/mol. The lowest BCUT2D eigenvalue weighted by molar-refractivity contribution is 0.640. The molecule has 0 spiro atoms. The molecule has 0 amide bonds. The molecule has 6 rings (SSSR count). The minimum absolute atomic E-state index is 0.0867. The molecule has 0 unspecified atom stereocenters. The van der Waals surface area contributed by atoms with Crippen LogP contribution in [0.15, 0.2) is 72.8 Å². The Morgan fingerprint density at radius 2 is 1.07 bits per heavy atom. The third-order valence-electron chi connectivity index (χ3n) is 6.94. The summed E-state index contributed by atoms with van der Waals surface area (Å²) in [4.78, 5) is 0. The van der Waals surface area contributed by atoms with Crippen molar-refractivity contribution in [2.24, 2.45) is 0 Å². The first-order valence-electron chi connectivity index (χ1n) is 10.6. The van der Waals surface area contributed by atoms with Crippen LogP contribution in [0, 0.1) is 0 Å². The second-order valence-corrected chi connectivity index (χ2v) is 8.92. The van der Waals surface area contributed by atoms with Crippen LogP contribution in [0.3, 0.4) is 0 Å². The van der Waals surface area contributed by atoms with Crippen LogP contribution in [0.5, 0.6) is 0 Å². The van der Waals surface area contributed by atoms with Gasteiger partial charge in [-0.25, -0.2) is 0 Å². The van der Waals surface area contributed by atoms with E-state index in [1.807, 2.05) is 0 Å². The maximum atomic E-state index is 2.39. The van der Waals surface area contributed by atoms with Crippen LogP contribution in [-0.4, -0.2) is 0 Å². The van der Waals surface area contributed by atoms with Gasteiger partial charge in [0.05, 0.1) is 0 Å². The summed E-state index contributed by atoms with van der Waals surface area (Å²) in [5.41, 5.74) is 8.43. The summed E-state index contributed by atoms with van der Waals surface area (Å²) in [6, 6.07) is 22.7. The predicted octanol–water partition coefficient (Wildman–Crippen LogP) is 7.46. The normalized spacial score (nSPS) is 14.7. The molecule has 2 aliphatic rings. The van der Waals surface area contributed by atoms with Crippen LogP contribution < -0.4 is 0 Å². The van der Waals surface area contributed by atoms with Gasteiger partial charge in [0.15, 0.2) is 0 Å². The van der Waals surface area contributed by atoms with Gasteiger partial charge < -0.3 is 0 Å². The standard InChI is InChI=1S/C29H24/c1-29(2,25-17-15-21-9-3-7-19-11-5-13-23(25)27(19)21)26-18-16-22-10-4-8-20-12-6-14-24(26)28(20)22/h3-10,13-18H,11-12H2,1-2H3. The lowest BCUT2D eigenvalue weighted by Crippen LogP contribution is -2.22. The van der Waals surface area contributed by atoms with E-state index in [-0.39, 0.29) is 5.41 Å². The summed E-state index contributed by atoms with van der Waals surface area (Å²) in [6.45, 7) is 4.77. The van der Waals surface area contributed by atoms with Crippen LogP contribution in [0.25, 0.3) is 33.7 Å². The molecule has 0 saturated carbocycles. The third kappa shape index (κ3) is 2.32. The number of hydrogen-bond donors (Lipinski definition) is 0. The highest BCUT2D eigenvalue weighted by atomic mass is 14.3. The molecule has 0 radical (unpaired) electrons. The van der Waals surface area contributed by atoms with Crippen molar-refractivity contribution >= 4 is 33.7 Å². The fourth-order valence-electron chi connectivity index (χ4n) is 5.50. The van der Waals surface area contributed by atoms with Gasteiger partial charge in [0, 0.05) is 5.41 Å². The molecule has 0 aliphatic heterocycles. The summed E-state index contributed by atoms with van der Waals surface area (Å²) in [5, 5.41) is 5.57. The molecule has 0 saturated heterocycles. The molecule has 0 atom stereocenters. The molecule has 0 nitrogen and oxygen atoms in total. The molecule has 29 heavy (non-hydrogen) atoms. The monoisotopic (exact) mass is 372 g/mol. The Morgan fingerprint density at radius 3 is 1.55 bits per heavy atom. The van der Waals surface area contributed by atoms with Crippen molar-refractivity contribution in [1.82, 2.24) is 0 Å². The second kappa shape index (κ2) is 5.94. The van der Waals surface area contributed by atoms with E-state index >= 15 is 0 Å². The molecular formula is C29H24. The largest absolute Gasteiger partial charge is 0.0795 e. The van der Waals surface area contributed by atoms with Gasteiger partial charge >= 0.3 is 0 Å². The zero-order chi connectivity index (χ0) is 19.6. The molecule has 0 heteroatoms. The van der Waals surface area contributed by atoms with Crippen LogP contribution in [0.1, 0.15) is 47.2 Å². The Labute approximate surface area is 172 Å². The van der Waals surface area contributed by atoms with E-state index in [1.165, 1.54) is 54.9 Å². The molecule has 0 bridgehead atoms. The van der Waals surface area contributed by atoms with Crippen molar-refractivity contribution in [3.05, 3.63) is 106 Å². The zero-order valence-corrected chi connectivity index (χ0v) is 17.0. The Morgan fingerprint density at radius 1 is 0.586 bits per heavy atom. The zero-order valence-electron chi connectivity index (χ0n) is 17.0. The van der Waals surface area contributed by atoms with E-state index in [0.29, 0.717) is 0 Å². The van der Waals surface area contributed by atoms with E-state index in [4.69, 9.17) is 0 Å². The highest BCUT2D eigenvalue weighted by molar-refractivity contribution is 5.99. The molecule has 0 heterocycles. The Balaban J connectivity index is 1.65. The summed E-state index contributed by atoms with van der Waals surface area (Å²) in [7, 11) is 0. The number of hydrogen-bond acceptors (Lipinski definition) is 0. The highest BCUT2D eigenvalue weighted by Gasteiger charge is 2.30. The topological polar surface area (TPSA) is 0 Å². The van der Waals surface area contributed by atoms with E-state index < -0.39 is 0 Å². The van der Waals surface area contributed by atoms with Crippen molar-refractivity contribution in [3.63, 3.8) is 0 Å². The van der Waals surface area contributed by atoms with Crippen molar-refractivity contribution in [1.29, 1.82) is 0 Å². The smallest absolute Gasteiger partial charge is 0.0158 e. The number of rotatable bonds is 2. The van der Waals surface area contributed by atoms with Gasteiger partial charge in [-0.05, 0) is 67.8 Å². The van der Waals surface area contributed by atoms with Gasteiger partial charge in [0.2, 0.25) is 0 Å². The Kier molecular flexibility index (Phi) is 3.44. The van der Waals surface area contributed by atoms with E-state index in [1.54, 1.807) is 0 Å². The Hall–Kier alpha value is -3.12. The quantitative estimate of drug-likeness (QED) is 0.342. The van der Waals surface area contributed by atoms with Gasteiger partial charge in [-0.3, -0.25) is 0 Å².